The molecule has 7 nitrogen and oxygen atoms in total. The number of carbonyl (C=O) groups excluding carboxylic acids is 2. The van der Waals surface area contributed by atoms with E-state index in [9.17, 15) is 14.0 Å². The maximum Gasteiger partial charge on any atom is 0.407 e. The summed E-state index contributed by atoms with van der Waals surface area (Å²) >= 11 is 0. The Hall–Kier alpha value is -3.68. The normalized spacial score (nSPS) is 11.8. The Kier molecular flexibility index (Phi) is 7.59. The van der Waals surface area contributed by atoms with Crippen molar-refractivity contribution >= 4 is 12.0 Å². The molecule has 168 valence electrons. The molecule has 2 N–H and O–H groups in total. The molecule has 0 bridgehead atoms. The third-order valence-corrected chi connectivity index (χ3v) is 4.88. The van der Waals surface area contributed by atoms with Crippen molar-refractivity contribution in [3.63, 3.8) is 0 Å². The molecule has 3 rings (SSSR count). The fourth-order valence-corrected chi connectivity index (χ4v) is 3.23. The van der Waals surface area contributed by atoms with Crippen LogP contribution in [0.25, 0.3) is 16.9 Å². The summed E-state index contributed by atoms with van der Waals surface area (Å²) in [6.45, 7) is 5.79. The van der Waals surface area contributed by atoms with Crippen LogP contribution in [0.5, 0.6) is 0 Å². The number of aromatic nitrogens is 2. The van der Waals surface area contributed by atoms with E-state index in [0.717, 1.165) is 16.8 Å². The van der Waals surface area contributed by atoms with Crippen LogP contribution in [0, 0.1) is 11.7 Å². The van der Waals surface area contributed by atoms with Crippen molar-refractivity contribution in [1.82, 2.24) is 20.4 Å². The lowest BCUT2D eigenvalue weighted by Crippen LogP contribution is -2.49. The van der Waals surface area contributed by atoms with E-state index < -0.39 is 12.1 Å². The molecule has 0 radical (unpaired) electrons. The number of para-hydroxylation sites is 1. The van der Waals surface area contributed by atoms with E-state index in [1.165, 1.54) is 12.1 Å². The van der Waals surface area contributed by atoms with E-state index in [0.29, 0.717) is 5.69 Å². The van der Waals surface area contributed by atoms with Crippen molar-refractivity contribution in [2.45, 2.75) is 33.4 Å². The molecule has 0 aliphatic heterocycles. The zero-order valence-electron chi connectivity index (χ0n) is 18.3. The summed E-state index contributed by atoms with van der Waals surface area (Å²) < 4.78 is 20.0. The summed E-state index contributed by atoms with van der Waals surface area (Å²) in [6.07, 6.45) is 1.20. The average Bonchev–Trinajstić information content (AvgIpc) is 3.21. The molecule has 2 aromatic carbocycles. The van der Waals surface area contributed by atoms with E-state index in [-0.39, 0.29) is 30.8 Å². The highest BCUT2D eigenvalue weighted by Crippen LogP contribution is 2.24. The van der Waals surface area contributed by atoms with Gasteiger partial charge in [-0.15, -0.1) is 0 Å². The molecule has 0 aliphatic carbocycles. The van der Waals surface area contributed by atoms with E-state index in [2.05, 4.69) is 15.7 Å². The summed E-state index contributed by atoms with van der Waals surface area (Å²) in [5.41, 5.74) is 2.98. The Bertz CT molecular complexity index is 1050. The fraction of sp³-hybridized carbons (Fsp3) is 0.292. The zero-order chi connectivity index (χ0) is 23.1. The number of amides is 2. The van der Waals surface area contributed by atoms with Crippen LogP contribution in [-0.2, 0) is 16.1 Å². The number of nitrogens with zero attached hydrogens (tertiary/aromatic N) is 2. The van der Waals surface area contributed by atoms with Gasteiger partial charge in [0.15, 0.2) is 0 Å². The van der Waals surface area contributed by atoms with Gasteiger partial charge in [-0.1, -0.05) is 32.0 Å². The highest BCUT2D eigenvalue weighted by atomic mass is 19.1. The Balaban J connectivity index is 1.84. The number of carbonyl (C=O) groups is 2. The Morgan fingerprint density at radius 1 is 1.09 bits per heavy atom. The van der Waals surface area contributed by atoms with Gasteiger partial charge >= 0.3 is 6.09 Å². The van der Waals surface area contributed by atoms with Gasteiger partial charge in [-0.2, -0.15) is 5.10 Å². The molecule has 8 heteroatoms. The summed E-state index contributed by atoms with van der Waals surface area (Å²) in [5.74, 6) is -0.801. The smallest absolute Gasteiger partial charge is 0.407 e. The van der Waals surface area contributed by atoms with Gasteiger partial charge in [0.25, 0.3) is 0 Å². The summed E-state index contributed by atoms with van der Waals surface area (Å²) in [5, 5.41) is 10.1. The van der Waals surface area contributed by atoms with E-state index in [4.69, 9.17) is 4.74 Å². The van der Waals surface area contributed by atoms with Crippen LogP contribution in [0.3, 0.4) is 0 Å². The van der Waals surface area contributed by atoms with E-state index >= 15 is 0 Å². The number of alkyl carbamates (subject to hydrolysis) is 1. The van der Waals surface area contributed by atoms with Gasteiger partial charge in [-0.05, 0) is 49.2 Å². The van der Waals surface area contributed by atoms with Crippen LogP contribution in [-0.4, -0.2) is 34.4 Å². The molecule has 0 aliphatic rings. The highest BCUT2D eigenvalue weighted by molar-refractivity contribution is 5.86. The van der Waals surface area contributed by atoms with Crippen LogP contribution in [0.4, 0.5) is 9.18 Å². The standard InChI is InChI=1S/C24H27FN4O3/c1-4-32-24(31)27-21(16(2)3)23(30)26-14-18-15-29(20-8-6-5-7-9-20)28-22(18)17-10-12-19(25)13-11-17/h5-13,15-16,21H,4,14H2,1-3H3,(H,26,30)(H,27,31). The van der Waals surface area contributed by atoms with Crippen LogP contribution in [0.15, 0.2) is 60.8 Å². The van der Waals surface area contributed by atoms with Crippen molar-refractivity contribution in [3.05, 3.63) is 72.2 Å². The maximum absolute atomic E-state index is 13.4. The van der Waals surface area contributed by atoms with Gasteiger partial charge in [0.2, 0.25) is 5.91 Å². The minimum absolute atomic E-state index is 0.136. The van der Waals surface area contributed by atoms with Crippen molar-refractivity contribution in [1.29, 1.82) is 0 Å². The number of hydrogen-bond acceptors (Lipinski definition) is 4. The largest absolute Gasteiger partial charge is 0.450 e. The first-order chi connectivity index (χ1) is 15.4. The lowest BCUT2D eigenvalue weighted by atomic mass is 10.0. The molecule has 1 heterocycles. The first kappa shape index (κ1) is 23.0. The molecular formula is C24H27FN4O3. The topological polar surface area (TPSA) is 85.2 Å². The van der Waals surface area contributed by atoms with Crippen molar-refractivity contribution < 1.29 is 18.7 Å². The summed E-state index contributed by atoms with van der Waals surface area (Å²) in [6, 6.07) is 14.9. The molecule has 1 unspecified atom stereocenters. The van der Waals surface area contributed by atoms with Crippen LogP contribution < -0.4 is 10.6 Å². The SMILES string of the molecule is CCOC(=O)NC(C(=O)NCc1cn(-c2ccccc2)nc1-c1ccc(F)cc1)C(C)C. The summed E-state index contributed by atoms with van der Waals surface area (Å²) in [7, 11) is 0. The fourth-order valence-electron chi connectivity index (χ4n) is 3.23. The number of halogens is 1. The predicted octanol–water partition coefficient (Wildman–Crippen LogP) is 4.07. The second-order valence-corrected chi connectivity index (χ2v) is 7.59. The van der Waals surface area contributed by atoms with Gasteiger partial charge in [-0.25, -0.2) is 13.9 Å². The van der Waals surface area contributed by atoms with Crippen LogP contribution >= 0.6 is 0 Å². The number of hydrogen-bond donors (Lipinski definition) is 2. The Morgan fingerprint density at radius 3 is 2.41 bits per heavy atom. The molecule has 0 fully saturated rings. The maximum atomic E-state index is 13.4. The predicted molar refractivity (Wildman–Crippen MR) is 120 cm³/mol. The van der Waals surface area contributed by atoms with Gasteiger partial charge in [-0.3, -0.25) is 4.79 Å². The van der Waals surface area contributed by atoms with Crippen molar-refractivity contribution in [2.75, 3.05) is 6.61 Å². The second kappa shape index (κ2) is 10.6. The monoisotopic (exact) mass is 438 g/mol. The minimum Gasteiger partial charge on any atom is -0.450 e. The van der Waals surface area contributed by atoms with Crippen LogP contribution in [0.1, 0.15) is 26.3 Å². The van der Waals surface area contributed by atoms with Gasteiger partial charge < -0.3 is 15.4 Å². The molecule has 1 atom stereocenters. The Morgan fingerprint density at radius 2 is 1.78 bits per heavy atom. The third kappa shape index (κ3) is 5.72. The highest BCUT2D eigenvalue weighted by Gasteiger charge is 2.25. The molecule has 32 heavy (non-hydrogen) atoms. The van der Waals surface area contributed by atoms with E-state index in [1.54, 1.807) is 23.7 Å². The first-order valence-corrected chi connectivity index (χ1v) is 10.5. The minimum atomic E-state index is -0.743. The van der Waals surface area contributed by atoms with Crippen LogP contribution in [0.2, 0.25) is 0 Å². The Labute approximate surface area is 186 Å². The molecule has 2 amide bonds. The lowest BCUT2D eigenvalue weighted by molar-refractivity contribution is -0.124. The quantitative estimate of drug-likeness (QED) is 0.555. The number of ether oxygens (including phenoxy) is 1. The number of rotatable bonds is 8. The molecular weight excluding hydrogens is 411 g/mol. The van der Waals surface area contributed by atoms with Gasteiger partial charge in [0.05, 0.1) is 18.0 Å². The number of benzene rings is 2. The van der Waals surface area contributed by atoms with E-state index in [1.807, 2.05) is 50.4 Å². The van der Waals surface area contributed by atoms with Gasteiger partial charge in [0, 0.05) is 23.9 Å². The second-order valence-electron chi connectivity index (χ2n) is 7.59. The third-order valence-electron chi connectivity index (χ3n) is 4.88. The number of nitrogens with one attached hydrogen (secondary N) is 2. The summed E-state index contributed by atoms with van der Waals surface area (Å²) in [4.78, 5) is 24.6. The molecule has 0 spiro atoms. The van der Waals surface area contributed by atoms with Crippen molar-refractivity contribution in [3.8, 4) is 16.9 Å². The van der Waals surface area contributed by atoms with Gasteiger partial charge in [0.1, 0.15) is 11.9 Å². The molecule has 0 saturated carbocycles. The zero-order valence-corrected chi connectivity index (χ0v) is 18.3. The molecule has 0 saturated heterocycles. The van der Waals surface area contributed by atoms with Crippen molar-refractivity contribution in [2.24, 2.45) is 5.92 Å². The lowest BCUT2D eigenvalue weighted by Gasteiger charge is -2.21. The molecule has 1 aromatic heterocycles. The molecule has 3 aromatic rings. The first-order valence-electron chi connectivity index (χ1n) is 10.5. The average molecular weight is 439 g/mol.